The average molecular weight is 461 g/mol. The van der Waals surface area contributed by atoms with Crippen LogP contribution in [0.2, 0.25) is 0 Å². The Morgan fingerprint density at radius 1 is 1.18 bits per heavy atom. The lowest BCUT2D eigenvalue weighted by atomic mass is 9.83. The summed E-state index contributed by atoms with van der Waals surface area (Å²) in [5.41, 5.74) is 10.3. The van der Waals surface area contributed by atoms with Crippen molar-refractivity contribution in [2.24, 2.45) is 5.73 Å². The first kappa shape index (κ1) is 23.9. The van der Waals surface area contributed by atoms with Crippen molar-refractivity contribution >= 4 is 17.7 Å². The minimum Gasteiger partial charge on any atom is -0.463 e. The zero-order chi connectivity index (χ0) is 24.1. The number of esters is 1. The van der Waals surface area contributed by atoms with Crippen molar-refractivity contribution in [3.63, 3.8) is 0 Å². The number of benzene rings is 1. The summed E-state index contributed by atoms with van der Waals surface area (Å²) in [5, 5.41) is 20.0. The van der Waals surface area contributed by atoms with Gasteiger partial charge in [-0.15, -0.1) is 0 Å². The number of pyridine rings is 1. The number of hydrogen-bond donors (Lipinski definition) is 1. The highest BCUT2D eigenvalue weighted by atomic mass is 32.2. The fourth-order valence-corrected chi connectivity index (χ4v) is 4.64. The molecule has 2 heterocycles. The number of nitrogens with two attached hydrogens (primary N) is 1. The number of nitrogens with zero attached hydrogens (tertiary/aromatic N) is 3. The molecule has 0 spiro atoms. The zero-order valence-electron chi connectivity index (χ0n) is 18.9. The van der Waals surface area contributed by atoms with E-state index in [2.05, 4.69) is 17.1 Å². The van der Waals surface area contributed by atoms with E-state index >= 15 is 0 Å². The summed E-state index contributed by atoms with van der Waals surface area (Å²) < 4.78 is 11.1. The standard InChI is InChI=1S/C25H24N4O3S/c1-5-31-25(30)22-20(13-33-24-18(11-26)15(3)14(2)16(4)29-24)32-23(28)19(12-27)21(22)17-9-7-6-8-10-17/h6-10,21H,5,13,28H2,1-4H3/t21-/m1/s1. The Morgan fingerprint density at radius 3 is 2.48 bits per heavy atom. The second kappa shape index (κ2) is 10.2. The largest absolute Gasteiger partial charge is 0.463 e. The molecule has 2 N–H and O–H groups in total. The summed E-state index contributed by atoms with van der Waals surface area (Å²) in [7, 11) is 0. The van der Waals surface area contributed by atoms with Gasteiger partial charge in [-0.25, -0.2) is 9.78 Å². The van der Waals surface area contributed by atoms with Crippen LogP contribution < -0.4 is 5.73 Å². The predicted octanol–water partition coefficient (Wildman–Crippen LogP) is 4.30. The van der Waals surface area contributed by atoms with Crippen LogP contribution in [0.15, 0.2) is 58.1 Å². The summed E-state index contributed by atoms with van der Waals surface area (Å²) >= 11 is 1.28. The summed E-state index contributed by atoms with van der Waals surface area (Å²) in [6.45, 7) is 7.59. The molecule has 0 unspecified atom stereocenters. The van der Waals surface area contributed by atoms with E-state index in [0.29, 0.717) is 10.6 Å². The molecule has 3 rings (SSSR count). The molecule has 0 saturated heterocycles. The number of aryl methyl sites for hydroxylation is 1. The fraction of sp³-hybridized carbons (Fsp3) is 0.280. The Labute approximate surface area is 197 Å². The maximum atomic E-state index is 13.0. The van der Waals surface area contributed by atoms with Gasteiger partial charge >= 0.3 is 5.97 Å². The lowest BCUT2D eigenvalue weighted by Gasteiger charge is -2.28. The van der Waals surface area contributed by atoms with Crippen LogP contribution in [0.1, 0.15) is 40.8 Å². The monoisotopic (exact) mass is 460 g/mol. The number of hydrogen-bond acceptors (Lipinski definition) is 8. The highest BCUT2D eigenvalue weighted by molar-refractivity contribution is 7.99. The number of carbonyl (C=O) groups is 1. The molecule has 2 aromatic rings. The van der Waals surface area contributed by atoms with Gasteiger partial charge in [-0.05, 0) is 44.4 Å². The van der Waals surface area contributed by atoms with Crippen LogP contribution in [0.4, 0.5) is 0 Å². The predicted molar refractivity (Wildman–Crippen MR) is 125 cm³/mol. The third-order valence-corrected chi connectivity index (χ3v) is 6.52. The highest BCUT2D eigenvalue weighted by Gasteiger charge is 2.37. The van der Waals surface area contributed by atoms with Gasteiger partial charge in [-0.2, -0.15) is 10.5 Å². The van der Waals surface area contributed by atoms with Crippen molar-refractivity contribution in [3.05, 3.63) is 81.1 Å². The Bertz CT molecular complexity index is 1240. The quantitative estimate of drug-likeness (QED) is 0.500. The molecule has 0 aliphatic carbocycles. The van der Waals surface area contributed by atoms with Gasteiger partial charge in [0.25, 0.3) is 0 Å². The molecule has 168 valence electrons. The number of allylic oxidation sites excluding steroid dienone is 1. The van der Waals surface area contributed by atoms with Crippen molar-refractivity contribution in [1.82, 2.24) is 4.98 Å². The van der Waals surface area contributed by atoms with Gasteiger partial charge in [0, 0.05) is 5.69 Å². The van der Waals surface area contributed by atoms with Gasteiger partial charge in [0.1, 0.15) is 28.5 Å². The van der Waals surface area contributed by atoms with Crippen LogP contribution in [0.25, 0.3) is 0 Å². The molecular formula is C25H24N4O3S. The SMILES string of the molecule is CCOC(=O)C1=C(CSc2nc(C)c(C)c(C)c2C#N)OC(N)=C(C#N)[C@H]1c1ccccc1. The maximum Gasteiger partial charge on any atom is 0.338 e. The van der Waals surface area contributed by atoms with Crippen molar-refractivity contribution in [2.45, 2.75) is 38.6 Å². The molecule has 7 nitrogen and oxygen atoms in total. The first-order valence-electron chi connectivity index (χ1n) is 10.4. The maximum absolute atomic E-state index is 13.0. The van der Waals surface area contributed by atoms with E-state index in [-0.39, 0.29) is 35.1 Å². The van der Waals surface area contributed by atoms with Crippen molar-refractivity contribution < 1.29 is 14.3 Å². The number of nitriles is 2. The van der Waals surface area contributed by atoms with Crippen LogP contribution in [0.5, 0.6) is 0 Å². The van der Waals surface area contributed by atoms with E-state index in [9.17, 15) is 15.3 Å². The Hall–Kier alpha value is -3.75. The Kier molecular flexibility index (Phi) is 7.42. The molecule has 0 fully saturated rings. The van der Waals surface area contributed by atoms with E-state index in [0.717, 1.165) is 22.4 Å². The molecule has 0 amide bonds. The smallest absolute Gasteiger partial charge is 0.338 e. The molecule has 0 radical (unpaired) electrons. The van der Waals surface area contributed by atoms with Crippen LogP contribution in [0, 0.1) is 43.4 Å². The summed E-state index contributed by atoms with van der Waals surface area (Å²) in [5.74, 6) is -0.887. The lowest BCUT2D eigenvalue weighted by molar-refractivity contribution is -0.139. The van der Waals surface area contributed by atoms with Gasteiger partial charge < -0.3 is 15.2 Å². The normalized spacial score (nSPS) is 15.5. The van der Waals surface area contributed by atoms with Crippen LogP contribution in [0.3, 0.4) is 0 Å². The molecule has 1 aliphatic heterocycles. The average Bonchev–Trinajstić information content (AvgIpc) is 2.81. The number of thioether (sulfide) groups is 1. The molecule has 1 aromatic carbocycles. The molecule has 8 heteroatoms. The molecular weight excluding hydrogens is 436 g/mol. The molecule has 0 saturated carbocycles. The van der Waals surface area contributed by atoms with E-state index in [4.69, 9.17) is 15.2 Å². The van der Waals surface area contributed by atoms with Gasteiger partial charge in [-0.1, -0.05) is 42.1 Å². The second-order valence-corrected chi connectivity index (χ2v) is 8.38. The molecule has 0 bridgehead atoms. The number of aromatic nitrogens is 1. The van der Waals surface area contributed by atoms with Gasteiger partial charge in [-0.3, -0.25) is 0 Å². The summed E-state index contributed by atoms with van der Waals surface area (Å²) in [6.07, 6.45) is 0. The van der Waals surface area contributed by atoms with E-state index in [1.165, 1.54) is 11.8 Å². The van der Waals surface area contributed by atoms with E-state index in [1.807, 2.05) is 51.1 Å². The molecule has 1 aliphatic rings. The van der Waals surface area contributed by atoms with Crippen LogP contribution >= 0.6 is 11.8 Å². The van der Waals surface area contributed by atoms with E-state index < -0.39 is 11.9 Å². The minimum atomic E-state index is -0.718. The molecule has 1 atom stereocenters. The topological polar surface area (TPSA) is 122 Å². The Balaban J connectivity index is 2.11. The van der Waals surface area contributed by atoms with Gasteiger partial charge in [0.15, 0.2) is 0 Å². The zero-order valence-corrected chi connectivity index (χ0v) is 19.7. The summed E-state index contributed by atoms with van der Waals surface area (Å²) in [4.78, 5) is 17.6. The Morgan fingerprint density at radius 2 is 1.88 bits per heavy atom. The lowest BCUT2D eigenvalue weighted by Crippen LogP contribution is -2.27. The third-order valence-electron chi connectivity index (χ3n) is 5.54. The first-order valence-corrected chi connectivity index (χ1v) is 11.4. The minimum absolute atomic E-state index is 0.0558. The fourth-order valence-electron chi connectivity index (χ4n) is 3.62. The van der Waals surface area contributed by atoms with Crippen LogP contribution in [-0.2, 0) is 14.3 Å². The number of rotatable bonds is 6. The van der Waals surface area contributed by atoms with Crippen LogP contribution in [-0.4, -0.2) is 23.3 Å². The third kappa shape index (κ3) is 4.72. The van der Waals surface area contributed by atoms with Gasteiger partial charge in [0.05, 0.1) is 29.4 Å². The van der Waals surface area contributed by atoms with Crippen molar-refractivity contribution in [3.8, 4) is 12.1 Å². The molecule has 33 heavy (non-hydrogen) atoms. The van der Waals surface area contributed by atoms with Crippen molar-refractivity contribution in [1.29, 1.82) is 10.5 Å². The van der Waals surface area contributed by atoms with Crippen molar-refractivity contribution in [2.75, 3.05) is 12.4 Å². The first-order chi connectivity index (χ1) is 15.8. The molecule has 1 aromatic heterocycles. The second-order valence-electron chi connectivity index (χ2n) is 7.42. The van der Waals surface area contributed by atoms with Gasteiger partial charge in [0.2, 0.25) is 5.88 Å². The summed E-state index contributed by atoms with van der Waals surface area (Å²) in [6, 6.07) is 13.5. The highest BCUT2D eigenvalue weighted by Crippen LogP contribution is 2.41. The number of ether oxygens (including phenoxy) is 2. The number of carbonyl (C=O) groups excluding carboxylic acids is 1. The van der Waals surface area contributed by atoms with E-state index in [1.54, 1.807) is 6.92 Å².